The second-order valence-corrected chi connectivity index (χ2v) is 6.21. The van der Waals surface area contributed by atoms with E-state index in [9.17, 15) is 0 Å². The number of nitrogens with zero attached hydrogens (tertiary/aromatic N) is 2. The van der Waals surface area contributed by atoms with E-state index in [0.29, 0.717) is 10.9 Å². The quantitative estimate of drug-likeness (QED) is 0.873. The Bertz CT molecular complexity index is 618. The van der Waals surface area contributed by atoms with Gasteiger partial charge >= 0.3 is 0 Å². The van der Waals surface area contributed by atoms with Crippen LogP contribution in [0.2, 0.25) is 5.02 Å². The molecular weight excluding hydrogens is 357 g/mol. The van der Waals surface area contributed by atoms with Gasteiger partial charge in [-0.1, -0.05) is 23.7 Å². The van der Waals surface area contributed by atoms with Gasteiger partial charge in [-0.15, -0.1) is 24.8 Å². The summed E-state index contributed by atoms with van der Waals surface area (Å²) in [6, 6.07) is 7.86. The third-order valence-electron chi connectivity index (χ3n) is 4.07. The smallest absolute Gasteiger partial charge is 0.209 e. The van der Waals surface area contributed by atoms with Gasteiger partial charge in [0.1, 0.15) is 0 Å². The first-order chi connectivity index (χ1) is 10.1. The Labute approximate surface area is 154 Å². The maximum atomic E-state index is 6.00. The molecule has 2 aromatic rings. The summed E-state index contributed by atoms with van der Waals surface area (Å²) in [4.78, 5) is 6.72. The van der Waals surface area contributed by atoms with E-state index in [4.69, 9.17) is 21.8 Å². The molecule has 0 radical (unpaired) electrons. The average molecular weight is 379 g/mol. The van der Waals surface area contributed by atoms with Crippen LogP contribution >= 0.6 is 36.4 Å². The Morgan fingerprint density at radius 3 is 2.87 bits per heavy atom. The Hall–Kier alpha value is -0.780. The summed E-state index contributed by atoms with van der Waals surface area (Å²) < 4.78 is 5.84. The molecule has 1 fully saturated rings. The zero-order valence-corrected chi connectivity index (χ0v) is 15.3. The van der Waals surface area contributed by atoms with E-state index in [0.717, 1.165) is 43.3 Å². The third-order valence-corrected chi connectivity index (χ3v) is 4.31. The summed E-state index contributed by atoms with van der Waals surface area (Å²) >= 11 is 6.00. The minimum absolute atomic E-state index is 0. The molecule has 128 valence electrons. The molecule has 1 aliphatic rings. The molecule has 0 saturated carbocycles. The van der Waals surface area contributed by atoms with Crippen LogP contribution in [0.15, 0.2) is 34.9 Å². The average Bonchev–Trinajstić information content (AvgIpc) is 3.08. The molecule has 0 spiro atoms. The monoisotopic (exact) mass is 377 g/mol. The number of aromatic nitrogens is 1. The van der Waals surface area contributed by atoms with Gasteiger partial charge in [-0.3, -0.25) is 4.90 Å². The molecule has 0 aliphatic carbocycles. The van der Waals surface area contributed by atoms with Crippen LogP contribution in [0.4, 0.5) is 0 Å². The predicted molar refractivity (Wildman–Crippen MR) is 98.5 cm³/mol. The van der Waals surface area contributed by atoms with E-state index in [1.54, 1.807) is 6.20 Å². The second-order valence-electron chi connectivity index (χ2n) is 5.77. The number of benzene rings is 1. The lowest BCUT2D eigenvalue weighted by molar-refractivity contribution is 0.276. The minimum Gasteiger partial charge on any atom is -0.439 e. The highest BCUT2D eigenvalue weighted by Gasteiger charge is 2.26. The van der Waals surface area contributed by atoms with Crippen molar-refractivity contribution in [1.29, 1.82) is 0 Å². The topological polar surface area (TPSA) is 55.3 Å². The maximum Gasteiger partial charge on any atom is 0.209 e. The summed E-state index contributed by atoms with van der Waals surface area (Å²) in [5.41, 5.74) is 6.92. The van der Waals surface area contributed by atoms with Crippen molar-refractivity contribution in [3.05, 3.63) is 41.4 Å². The van der Waals surface area contributed by atoms with Crippen molar-refractivity contribution < 1.29 is 4.42 Å². The molecule has 1 aromatic carbocycles. The van der Waals surface area contributed by atoms with E-state index in [2.05, 4.69) is 16.8 Å². The number of oxazole rings is 1. The molecule has 3 rings (SSSR count). The Morgan fingerprint density at radius 1 is 1.43 bits per heavy atom. The van der Waals surface area contributed by atoms with Crippen LogP contribution in [-0.2, 0) is 6.54 Å². The number of hydrogen-bond donors (Lipinski definition) is 1. The standard InChI is InChI=1S/C16H20ClN3O.2ClH/c1-11(18)13-5-6-20(9-13)10-16-19-8-15(21-16)12-3-2-4-14(17)7-12;;/h2-4,7-8,11,13H,5-6,9-10,18H2,1H3;2*1H. The fourth-order valence-electron chi connectivity index (χ4n) is 2.79. The SMILES string of the molecule is CC(N)C1CCN(Cc2ncc(-c3cccc(Cl)c3)o2)C1.Cl.Cl. The van der Waals surface area contributed by atoms with Gasteiger partial charge in [-0.2, -0.15) is 0 Å². The lowest BCUT2D eigenvalue weighted by Crippen LogP contribution is -2.29. The van der Waals surface area contributed by atoms with E-state index in [-0.39, 0.29) is 30.9 Å². The van der Waals surface area contributed by atoms with Gasteiger partial charge in [0.05, 0.1) is 12.7 Å². The number of likely N-dealkylation sites (tertiary alicyclic amines) is 1. The zero-order valence-electron chi connectivity index (χ0n) is 12.9. The van der Waals surface area contributed by atoms with Crippen LogP contribution in [0.3, 0.4) is 0 Å². The highest BCUT2D eigenvalue weighted by molar-refractivity contribution is 6.30. The molecule has 23 heavy (non-hydrogen) atoms. The van der Waals surface area contributed by atoms with Crippen molar-refractivity contribution in [3.8, 4) is 11.3 Å². The summed E-state index contributed by atoms with van der Waals surface area (Å²) in [6.07, 6.45) is 2.92. The summed E-state index contributed by atoms with van der Waals surface area (Å²) in [5.74, 6) is 2.08. The molecule has 1 aromatic heterocycles. The lowest BCUT2D eigenvalue weighted by atomic mass is 10.0. The van der Waals surface area contributed by atoms with Crippen molar-refractivity contribution in [1.82, 2.24) is 9.88 Å². The number of rotatable bonds is 4. The first-order valence-corrected chi connectivity index (χ1v) is 7.68. The largest absolute Gasteiger partial charge is 0.439 e. The zero-order chi connectivity index (χ0) is 14.8. The van der Waals surface area contributed by atoms with Crippen molar-refractivity contribution in [3.63, 3.8) is 0 Å². The molecule has 2 unspecified atom stereocenters. The Kier molecular flexibility index (Phi) is 7.84. The van der Waals surface area contributed by atoms with Crippen LogP contribution in [0.1, 0.15) is 19.2 Å². The molecule has 0 bridgehead atoms. The van der Waals surface area contributed by atoms with Crippen molar-refractivity contribution in [2.75, 3.05) is 13.1 Å². The molecule has 2 N–H and O–H groups in total. The third kappa shape index (κ3) is 5.10. The number of hydrogen-bond acceptors (Lipinski definition) is 4. The lowest BCUT2D eigenvalue weighted by Gasteiger charge is -2.16. The van der Waals surface area contributed by atoms with Gasteiger partial charge in [-0.05, 0) is 37.9 Å². The van der Waals surface area contributed by atoms with Crippen molar-refractivity contribution >= 4 is 36.4 Å². The van der Waals surface area contributed by atoms with Gasteiger partial charge in [0.25, 0.3) is 0 Å². The maximum absolute atomic E-state index is 6.00. The molecular formula is C16H22Cl3N3O. The molecule has 7 heteroatoms. The van der Waals surface area contributed by atoms with Gasteiger partial charge in [0.2, 0.25) is 5.89 Å². The van der Waals surface area contributed by atoms with E-state index < -0.39 is 0 Å². The van der Waals surface area contributed by atoms with Crippen LogP contribution in [0.25, 0.3) is 11.3 Å². The highest BCUT2D eigenvalue weighted by atomic mass is 35.5. The van der Waals surface area contributed by atoms with Crippen molar-refractivity contribution in [2.45, 2.75) is 25.9 Å². The first kappa shape index (κ1) is 20.3. The minimum atomic E-state index is 0. The normalized spacial score (nSPS) is 19.0. The predicted octanol–water partition coefficient (Wildman–Crippen LogP) is 4.01. The summed E-state index contributed by atoms with van der Waals surface area (Å²) in [7, 11) is 0. The van der Waals surface area contributed by atoms with Gasteiger partial charge in [0, 0.05) is 23.2 Å². The van der Waals surface area contributed by atoms with Gasteiger partial charge < -0.3 is 10.2 Å². The molecule has 2 heterocycles. The molecule has 4 nitrogen and oxygen atoms in total. The molecule has 1 aliphatic heterocycles. The van der Waals surface area contributed by atoms with Gasteiger partial charge in [0.15, 0.2) is 5.76 Å². The van der Waals surface area contributed by atoms with E-state index in [1.807, 2.05) is 24.3 Å². The van der Waals surface area contributed by atoms with Crippen LogP contribution in [-0.4, -0.2) is 29.0 Å². The van der Waals surface area contributed by atoms with Gasteiger partial charge in [-0.25, -0.2) is 4.98 Å². The fraction of sp³-hybridized carbons (Fsp3) is 0.438. The van der Waals surface area contributed by atoms with Crippen LogP contribution < -0.4 is 5.73 Å². The second kappa shape index (κ2) is 8.90. The molecule has 1 saturated heterocycles. The fourth-order valence-corrected chi connectivity index (χ4v) is 2.98. The van der Waals surface area contributed by atoms with E-state index >= 15 is 0 Å². The first-order valence-electron chi connectivity index (χ1n) is 7.30. The Morgan fingerprint density at radius 2 is 2.22 bits per heavy atom. The van der Waals surface area contributed by atoms with E-state index in [1.165, 1.54) is 0 Å². The number of nitrogens with two attached hydrogens (primary N) is 1. The summed E-state index contributed by atoms with van der Waals surface area (Å²) in [6.45, 7) is 4.90. The highest BCUT2D eigenvalue weighted by Crippen LogP contribution is 2.25. The molecule has 2 atom stereocenters. The van der Waals surface area contributed by atoms with Crippen molar-refractivity contribution in [2.24, 2.45) is 11.7 Å². The van der Waals surface area contributed by atoms with Crippen LogP contribution in [0, 0.1) is 5.92 Å². The van der Waals surface area contributed by atoms with Crippen LogP contribution in [0.5, 0.6) is 0 Å². The number of halogens is 3. The Balaban J connectivity index is 0.00000132. The molecule has 0 amide bonds. The summed E-state index contributed by atoms with van der Waals surface area (Å²) in [5, 5.41) is 0.699.